The van der Waals surface area contributed by atoms with Crippen molar-refractivity contribution in [3.63, 3.8) is 0 Å². The summed E-state index contributed by atoms with van der Waals surface area (Å²) in [6.07, 6.45) is -0.348. The molecule has 0 saturated heterocycles. The Bertz CT molecular complexity index is 988. The van der Waals surface area contributed by atoms with E-state index in [1.54, 1.807) is 54.6 Å². The number of hydrogen-bond acceptors (Lipinski definition) is 4. The van der Waals surface area contributed by atoms with Gasteiger partial charge in [0.1, 0.15) is 0 Å². The van der Waals surface area contributed by atoms with E-state index in [1.165, 1.54) is 5.56 Å². The third kappa shape index (κ3) is 9.35. The number of hydrogen-bond donors (Lipinski definition) is 4. The number of benzene rings is 3. The maximum Gasteiger partial charge on any atom is 0.472 e. The first-order valence-corrected chi connectivity index (χ1v) is 10.5. The van der Waals surface area contributed by atoms with Crippen molar-refractivity contribution in [3.8, 4) is 0 Å². The molecule has 32 heavy (non-hydrogen) atoms. The molecule has 0 spiro atoms. The van der Waals surface area contributed by atoms with E-state index in [9.17, 15) is 9.59 Å². The lowest BCUT2D eigenvalue weighted by Gasteiger charge is -2.19. The number of nitrogens with one attached hydrogen (secondary N) is 2. The van der Waals surface area contributed by atoms with Gasteiger partial charge in [0.05, 0.1) is 18.9 Å². The van der Waals surface area contributed by atoms with Gasteiger partial charge in [0, 0.05) is 10.6 Å². The lowest BCUT2D eigenvalue weighted by atomic mass is 9.92. The minimum absolute atomic E-state index is 0.0639. The van der Waals surface area contributed by atoms with Crippen LogP contribution in [0.25, 0.3) is 0 Å². The van der Waals surface area contributed by atoms with Crippen molar-refractivity contribution in [2.24, 2.45) is 0 Å². The Morgan fingerprint density at radius 1 is 0.938 bits per heavy atom. The zero-order valence-corrected chi connectivity index (χ0v) is 18.5. The molecule has 1 unspecified atom stereocenters. The Morgan fingerprint density at radius 2 is 1.56 bits per heavy atom. The molecule has 8 heteroatoms. The van der Waals surface area contributed by atoms with Gasteiger partial charge in [0.25, 0.3) is 5.91 Å². The summed E-state index contributed by atoms with van der Waals surface area (Å²) < 4.78 is 0. The normalized spacial score (nSPS) is 10.9. The summed E-state index contributed by atoms with van der Waals surface area (Å²) in [6, 6.07) is 25.2. The van der Waals surface area contributed by atoms with Gasteiger partial charge in [-0.05, 0) is 36.8 Å². The van der Waals surface area contributed by atoms with Crippen molar-refractivity contribution in [3.05, 3.63) is 107 Å². The van der Waals surface area contributed by atoms with Crippen LogP contribution in [0.4, 0.5) is 0 Å². The molecule has 3 aromatic carbocycles. The van der Waals surface area contributed by atoms with E-state index < -0.39 is 19.1 Å². The Kier molecular flexibility index (Phi) is 10.5. The summed E-state index contributed by atoms with van der Waals surface area (Å²) in [5.41, 5.74) is 2.47. The van der Waals surface area contributed by atoms with Crippen LogP contribution in [0.15, 0.2) is 84.9 Å². The number of carbonyl (C=O) groups is 2. The lowest BCUT2D eigenvalue weighted by Crippen LogP contribution is -2.38. The molecule has 0 heterocycles. The smallest absolute Gasteiger partial charge is 0.426 e. The van der Waals surface area contributed by atoms with E-state index in [-0.39, 0.29) is 18.8 Å². The molecule has 0 bridgehead atoms. The van der Waals surface area contributed by atoms with Crippen LogP contribution in [-0.2, 0) is 4.79 Å². The maximum atomic E-state index is 12.4. The van der Waals surface area contributed by atoms with Crippen molar-refractivity contribution in [1.82, 2.24) is 10.6 Å². The van der Waals surface area contributed by atoms with E-state index in [0.29, 0.717) is 16.1 Å². The van der Waals surface area contributed by atoms with E-state index in [4.69, 9.17) is 21.6 Å². The molecule has 0 aliphatic carbocycles. The van der Waals surface area contributed by atoms with Crippen molar-refractivity contribution in [2.45, 2.75) is 19.4 Å². The van der Waals surface area contributed by atoms with E-state index in [0.717, 1.165) is 0 Å². The summed E-state index contributed by atoms with van der Waals surface area (Å²) >= 11 is 6.00. The molecular weight excluding hydrogens is 427 g/mol. The summed E-state index contributed by atoms with van der Waals surface area (Å²) in [7, 11) is -1.63. The van der Waals surface area contributed by atoms with Crippen LogP contribution in [-0.4, -0.2) is 35.4 Å². The van der Waals surface area contributed by atoms with E-state index in [2.05, 4.69) is 29.7 Å². The summed E-state index contributed by atoms with van der Waals surface area (Å²) in [5.74, 6) is -0.744. The average molecular weight is 453 g/mol. The molecule has 1 atom stereocenters. The summed E-state index contributed by atoms with van der Waals surface area (Å²) in [4.78, 5) is 24.4. The largest absolute Gasteiger partial charge is 0.472 e. The van der Waals surface area contributed by atoms with Crippen LogP contribution in [0.2, 0.25) is 5.02 Å². The third-order valence-corrected chi connectivity index (χ3v) is 4.64. The highest BCUT2D eigenvalue weighted by atomic mass is 35.5. The molecule has 0 radical (unpaired) electrons. The van der Waals surface area contributed by atoms with Gasteiger partial charge < -0.3 is 20.7 Å². The van der Waals surface area contributed by atoms with Gasteiger partial charge in [0.15, 0.2) is 0 Å². The van der Waals surface area contributed by atoms with Gasteiger partial charge in [-0.1, -0.05) is 77.8 Å². The van der Waals surface area contributed by atoms with Crippen LogP contribution in [0, 0.1) is 6.92 Å². The van der Waals surface area contributed by atoms with Crippen LogP contribution >= 0.6 is 11.6 Å². The van der Waals surface area contributed by atoms with Crippen LogP contribution in [0.5, 0.6) is 0 Å². The molecule has 4 N–H and O–H groups in total. The Labute approximate surface area is 193 Å². The number of amides is 2. The predicted molar refractivity (Wildman–Crippen MR) is 127 cm³/mol. The van der Waals surface area contributed by atoms with Gasteiger partial charge in [-0.15, -0.1) is 0 Å². The minimum atomic E-state index is -1.63. The molecule has 0 aliphatic rings. The fraction of sp³-hybridized carbons (Fsp3) is 0.167. The zero-order chi connectivity index (χ0) is 23.3. The molecular formula is C24H26BClN2O4. The first-order valence-electron chi connectivity index (χ1n) is 10.1. The van der Waals surface area contributed by atoms with Gasteiger partial charge in [-0.2, -0.15) is 0 Å². The monoisotopic (exact) mass is 452 g/mol. The second kappa shape index (κ2) is 13.3. The van der Waals surface area contributed by atoms with Crippen molar-refractivity contribution in [1.29, 1.82) is 0 Å². The predicted octanol–water partition coefficient (Wildman–Crippen LogP) is 3.32. The highest BCUT2D eigenvalue weighted by Gasteiger charge is 2.20. The third-order valence-electron chi connectivity index (χ3n) is 4.40. The molecule has 6 nitrogen and oxygen atoms in total. The first-order chi connectivity index (χ1) is 15.3. The van der Waals surface area contributed by atoms with Crippen LogP contribution in [0.3, 0.4) is 0 Å². The molecule has 0 aromatic heterocycles. The van der Waals surface area contributed by atoms with Crippen LogP contribution < -0.4 is 10.6 Å². The molecule has 2 amide bonds. The Hall–Kier alpha value is -3.13. The minimum Gasteiger partial charge on any atom is -0.426 e. The average Bonchev–Trinajstić information content (AvgIpc) is 2.79. The molecule has 0 aliphatic heterocycles. The second-order valence-corrected chi connectivity index (χ2v) is 7.53. The first kappa shape index (κ1) is 25.1. The molecule has 3 aromatic rings. The van der Waals surface area contributed by atoms with Gasteiger partial charge in [0.2, 0.25) is 5.91 Å². The summed E-state index contributed by atoms with van der Waals surface area (Å²) in [6.45, 7) is 2.08. The number of aryl methyl sites for hydroxylation is 1. The van der Waals surface area contributed by atoms with Crippen molar-refractivity contribution >= 4 is 30.5 Å². The molecule has 0 saturated carbocycles. The molecule has 0 fully saturated rings. The quantitative estimate of drug-likeness (QED) is 0.413. The Balaban J connectivity index is 0.000000439. The highest BCUT2D eigenvalue weighted by Crippen LogP contribution is 2.21. The van der Waals surface area contributed by atoms with Crippen molar-refractivity contribution < 1.29 is 19.6 Å². The number of halogens is 1. The van der Waals surface area contributed by atoms with Crippen LogP contribution in [0.1, 0.15) is 33.9 Å². The fourth-order valence-corrected chi connectivity index (χ4v) is 3.00. The topological polar surface area (TPSA) is 98.7 Å². The second-order valence-electron chi connectivity index (χ2n) is 7.09. The van der Waals surface area contributed by atoms with Gasteiger partial charge >= 0.3 is 7.12 Å². The molecule has 166 valence electrons. The number of carbonyl (C=O) groups excluding carboxylic acids is 2. The zero-order valence-electron chi connectivity index (χ0n) is 17.7. The Morgan fingerprint density at radius 3 is 2.09 bits per heavy atom. The highest BCUT2D eigenvalue weighted by molar-refractivity contribution is 6.41. The van der Waals surface area contributed by atoms with Gasteiger partial charge in [-0.25, -0.2) is 0 Å². The summed E-state index contributed by atoms with van der Waals surface area (Å²) in [5, 5.41) is 23.4. The number of rotatable bonds is 7. The van der Waals surface area contributed by atoms with E-state index >= 15 is 0 Å². The standard InChI is InChI=1S/C17H18BClN2O4.C7H8/c19-14-8-4-7-13(9-14)15(10-16(22)20-11-18(24)25)21-17(23)12-5-2-1-3-6-12;1-7-5-3-2-4-6-7/h1-9,15,24-25H,10-11H2,(H,20,22)(H,21,23);2-6H,1H3. The SMILES string of the molecule is Cc1ccccc1.O=C(CC(NC(=O)c1ccccc1)c1cccc(Cl)c1)NCB(O)O. The lowest BCUT2D eigenvalue weighted by molar-refractivity contribution is -0.121. The fourth-order valence-electron chi connectivity index (χ4n) is 2.80. The van der Waals surface area contributed by atoms with Crippen molar-refractivity contribution in [2.75, 3.05) is 6.44 Å². The van der Waals surface area contributed by atoms with Gasteiger partial charge in [-0.3, -0.25) is 9.59 Å². The maximum absolute atomic E-state index is 12.4. The van der Waals surface area contributed by atoms with E-state index in [1.807, 2.05) is 18.2 Å². The molecule has 3 rings (SSSR count).